The Kier molecular flexibility index (Phi) is 4.95. The lowest BCUT2D eigenvalue weighted by molar-refractivity contribution is 0.129. The molecular weight excluding hydrogens is 318 g/mol. The van der Waals surface area contributed by atoms with Crippen molar-refractivity contribution in [2.75, 3.05) is 40.3 Å². The maximum absolute atomic E-state index is 12.4. The van der Waals surface area contributed by atoms with Gasteiger partial charge in [-0.1, -0.05) is 0 Å². The lowest BCUT2D eigenvalue weighted by atomic mass is 9.95. The fourth-order valence-corrected chi connectivity index (χ4v) is 4.77. The lowest BCUT2D eigenvalue weighted by Crippen LogP contribution is -2.46. The van der Waals surface area contributed by atoms with Crippen LogP contribution in [0.2, 0.25) is 0 Å². The van der Waals surface area contributed by atoms with Crippen molar-refractivity contribution in [3.05, 3.63) is 6.33 Å². The number of tetrazole rings is 1. The maximum Gasteiger partial charge on any atom is 0.281 e. The summed E-state index contributed by atoms with van der Waals surface area (Å²) in [6.07, 6.45) is 4.79. The van der Waals surface area contributed by atoms with Gasteiger partial charge in [-0.25, -0.2) is 4.68 Å². The smallest absolute Gasteiger partial charge is 0.281 e. The molecule has 4 heterocycles. The van der Waals surface area contributed by atoms with Gasteiger partial charge in [0.2, 0.25) is 0 Å². The van der Waals surface area contributed by atoms with E-state index in [0.29, 0.717) is 25.0 Å². The van der Waals surface area contributed by atoms with E-state index in [1.807, 2.05) is 0 Å². The molecule has 3 aliphatic heterocycles. The molecule has 1 aromatic rings. The fraction of sp³-hybridized carbons (Fsp3) is 0.923. The average molecular weight is 343 g/mol. The molecule has 2 bridgehead atoms. The van der Waals surface area contributed by atoms with Gasteiger partial charge in [0.25, 0.3) is 10.2 Å². The Hall–Kier alpha value is -1.10. The van der Waals surface area contributed by atoms with Gasteiger partial charge in [-0.2, -0.15) is 17.0 Å². The second kappa shape index (κ2) is 6.80. The van der Waals surface area contributed by atoms with Crippen molar-refractivity contribution in [2.45, 2.75) is 31.8 Å². The van der Waals surface area contributed by atoms with Crippen molar-refractivity contribution in [2.24, 2.45) is 5.92 Å². The molecule has 1 aromatic heterocycles. The minimum Gasteiger partial charge on any atom is -0.299 e. The molecule has 130 valence electrons. The summed E-state index contributed by atoms with van der Waals surface area (Å²) in [4.78, 5) is 2.45. The van der Waals surface area contributed by atoms with Crippen LogP contribution in [-0.4, -0.2) is 88.5 Å². The number of rotatable bonds is 6. The molecule has 0 N–H and O–H groups in total. The van der Waals surface area contributed by atoms with Crippen LogP contribution in [0.25, 0.3) is 0 Å². The van der Waals surface area contributed by atoms with Crippen LogP contribution in [0.4, 0.5) is 0 Å². The van der Waals surface area contributed by atoms with Crippen LogP contribution >= 0.6 is 0 Å². The minimum atomic E-state index is -3.32. The first kappa shape index (κ1) is 16.7. The Bertz CT molecular complexity index is 604. The molecule has 0 amide bonds. The molecule has 10 heteroatoms. The number of aryl methyl sites for hydroxylation is 1. The Morgan fingerprint density at radius 2 is 2.00 bits per heavy atom. The van der Waals surface area contributed by atoms with Crippen LogP contribution in [0.15, 0.2) is 6.33 Å². The Morgan fingerprint density at radius 1 is 1.17 bits per heavy atom. The number of hydrogen-bond acceptors (Lipinski definition) is 6. The minimum absolute atomic E-state index is 0.317. The zero-order valence-corrected chi connectivity index (χ0v) is 14.6. The summed E-state index contributed by atoms with van der Waals surface area (Å²) in [5, 5.41) is 11.1. The quantitative estimate of drug-likeness (QED) is 0.676. The molecule has 0 radical (unpaired) electrons. The van der Waals surface area contributed by atoms with Crippen LogP contribution in [0.5, 0.6) is 0 Å². The molecule has 0 saturated carbocycles. The number of fused-ring (bicyclic) bond motifs is 4. The van der Waals surface area contributed by atoms with Gasteiger partial charge in [-0.3, -0.25) is 4.90 Å². The molecule has 3 saturated heterocycles. The first-order chi connectivity index (χ1) is 11.0. The topological polar surface area (TPSA) is 87.5 Å². The summed E-state index contributed by atoms with van der Waals surface area (Å²) >= 11 is 0. The number of aromatic nitrogens is 4. The number of hydrogen-bond donors (Lipinski definition) is 0. The number of nitrogens with zero attached hydrogens (tertiary/aromatic N) is 7. The summed E-state index contributed by atoms with van der Waals surface area (Å²) in [5.74, 6) is 0.427. The van der Waals surface area contributed by atoms with Gasteiger partial charge in [-0.15, -0.1) is 5.10 Å². The van der Waals surface area contributed by atoms with E-state index in [9.17, 15) is 8.42 Å². The van der Waals surface area contributed by atoms with Crippen LogP contribution in [0.3, 0.4) is 0 Å². The molecule has 3 fully saturated rings. The van der Waals surface area contributed by atoms with E-state index >= 15 is 0 Å². The van der Waals surface area contributed by atoms with Gasteiger partial charge < -0.3 is 0 Å². The van der Waals surface area contributed by atoms with Crippen LogP contribution in [0, 0.1) is 5.92 Å². The molecule has 0 aromatic carbocycles. The van der Waals surface area contributed by atoms with Crippen molar-refractivity contribution < 1.29 is 8.42 Å². The van der Waals surface area contributed by atoms with E-state index in [4.69, 9.17) is 0 Å². The van der Waals surface area contributed by atoms with Gasteiger partial charge in [0, 0.05) is 52.9 Å². The molecular formula is C13H25N7O2S. The highest BCUT2D eigenvalue weighted by Gasteiger charge is 2.39. The highest BCUT2D eigenvalue weighted by atomic mass is 32.2. The summed E-state index contributed by atoms with van der Waals surface area (Å²) in [6.45, 7) is 3.97. The summed E-state index contributed by atoms with van der Waals surface area (Å²) in [7, 11) is -0.113. The van der Waals surface area contributed by atoms with Crippen LogP contribution in [-0.2, 0) is 16.8 Å². The van der Waals surface area contributed by atoms with Gasteiger partial charge in [0.05, 0.1) is 0 Å². The molecule has 4 rings (SSSR count). The van der Waals surface area contributed by atoms with Crippen molar-refractivity contribution >= 4 is 10.2 Å². The lowest BCUT2D eigenvalue weighted by Gasteiger charge is -2.36. The Balaban J connectivity index is 1.60. The third-order valence-electron chi connectivity index (χ3n) is 4.81. The van der Waals surface area contributed by atoms with E-state index < -0.39 is 10.2 Å². The molecule has 23 heavy (non-hydrogen) atoms. The largest absolute Gasteiger partial charge is 0.299 e. The van der Waals surface area contributed by atoms with E-state index in [1.165, 1.54) is 4.31 Å². The van der Waals surface area contributed by atoms with Crippen molar-refractivity contribution in [3.8, 4) is 0 Å². The van der Waals surface area contributed by atoms with E-state index in [-0.39, 0.29) is 0 Å². The molecule has 0 unspecified atom stereocenters. The monoisotopic (exact) mass is 343 g/mol. The van der Waals surface area contributed by atoms with Crippen molar-refractivity contribution in [1.29, 1.82) is 0 Å². The zero-order chi connectivity index (χ0) is 16.4. The van der Waals surface area contributed by atoms with Crippen LogP contribution < -0.4 is 0 Å². The van der Waals surface area contributed by atoms with Crippen molar-refractivity contribution in [3.63, 3.8) is 0 Å². The van der Waals surface area contributed by atoms with E-state index in [2.05, 4.69) is 20.4 Å². The number of piperidine rings is 1. The molecule has 0 spiro atoms. The van der Waals surface area contributed by atoms with Gasteiger partial charge >= 0.3 is 0 Å². The summed E-state index contributed by atoms with van der Waals surface area (Å²) < 4.78 is 29.6. The van der Waals surface area contributed by atoms with E-state index in [1.54, 1.807) is 29.4 Å². The second-order valence-electron chi connectivity index (χ2n) is 6.63. The zero-order valence-electron chi connectivity index (χ0n) is 13.7. The first-order valence-corrected chi connectivity index (χ1v) is 9.49. The highest BCUT2D eigenvalue weighted by Crippen LogP contribution is 2.29. The predicted molar refractivity (Wildman–Crippen MR) is 84.7 cm³/mol. The maximum atomic E-state index is 12.4. The van der Waals surface area contributed by atoms with Crippen molar-refractivity contribution in [1.82, 2.24) is 33.7 Å². The third-order valence-corrected chi connectivity index (χ3v) is 6.68. The Morgan fingerprint density at radius 3 is 2.70 bits per heavy atom. The van der Waals surface area contributed by atoms with Gasteiger partial charge in [-0.05, 0) is 35.6 Å². The van der Waals surface area contributed by atoms with Gasteiger partial charge in [0.1, 0.15) is 6.33 Å². The van der Waals surface area contributed by atoms with E-state index in [0.717, 1.165) is 38.9 Å². The van der Waals surface area contributed by atoms with Gasteiger partial charge in [0.15, 0.2) is 0 Å². The Labute approximate surface area is 137 Å². The standard InChI is InChI=1S/C13H25N7O2S/c1-17(2)23(21,22)20-9-12-4-5-13(10-20)18(8-12)6-3-7-19-11-14-15-16-19/h11-13H,3-10H2,1-2H3/t12-,13-/m1/s1. The summed E-state index contributed by atoms with van der Waals surface area (Å²) in [5.41, 5.74) is 0. The fourth-order valence-electron chi connectivity index (χ4n) is 3.55. The first-order valence-electron chi connectivity index (χ1n) is 8.09. The molecule has 2 atom stereocenters. The normalized spacial score (nSPS) is 26.7. The SMILES string of the molecule is CN(C)S(=O)(=O)N1C[C@@H]2CC[C@H](C1)N(CCCn1cnnn1)C2. The molecule has 3 aliphatic rings. The highest BCUT2D eigenvalue weighted by molar-refractivity contribution is 7.86. The van der Waals surface area contributed by atoms with Crippen LogP contribution in [0.1, 0.15) is 19.3 Å². The summed E-state index contributed by atoms with van der Waals surface area (Å²) in [6, 6.07) is 0.317. The average Bonchev–Trinajstić information content (AvgIpc) is 2.85. The molecule has 9 nitrogen and oxygen atoms in total. The predicted octanol–water partition coefficient (Wildman–Crippen LogP) is -0.734. The third kappa shape index (κ3) is 3.70. The molecule has 0 aliphatic carbocycles. The second-order valence-corrected chi connectivity index (χ2v) is 8.77.